The maximum atomic E-state index is 12.9. The number of fused-ring (bicyclic) bond motifs is 1. The number of carbonyl (C=O) groups is 1. The largest absolute Gasteiger partial charge is 0.490 e. The van der Waals surface area contributed by atoms with E-state index in [2.05, 4.69) is 24.3 Å². The molecule has 12 heteroatoms. The lowest BCUT2D eigenvalue weighted by Crippen LogP contribution is -2.48. The van der Waals surface area contributed by atoms with Gasteiger partial charge in [-0.05, 0) is 38.1 Å². The molecule has 1 saturated heterocycles. The molecule has 176 valence electrons. The molecule has 1 aromatic carbocycles. The smallest absolute Gasteiger partial charge is 0.344 e. The summed E-state index contributed by atoms with van der Waals surface area (Å²) in [6, 6.07) is 8.30. The van der Waals surface area contributed by atoms with Gasteiger partial charge in [0.2, 0.25) is 0 Å². The number of ether oxygens (including phenoxy) is 2. The predicted octanol–water partition coefficient (Wildman–Crippen LogP) is 0.881. The molecule has 0 bridgehead atoms. The van der Waals surface area contributed by atoms with E-state index in [0.717, 1.165) is 18.9 Å². The summed E-state index contributed by atoms with van der Waals surface area (Å²) in [5.41, 5.74) is 6.24. The van der Waals surface area contributed by atoms with Crippen molar-refractivity contribution >= 4 is 33.5 Å². The van der Waals surface area contributed by atoms with Gasteiger partial charge in [-0.2, -0.15) is 8.42 Å². The SMILES string of the molecule is CC(C)(COc1cccc2c1C(N)=NS(=O)(=O)N2)NC(=O)c1ccnc(N2CCOCC2)c1. The van der Waals surface area contributed by atoms with Crippen LogP contribution in [0.15, 0.2) is 40.9 Å². The molecule has 4 rings (SSSR count). The third-order valence-electron chi connectivity index (χ3n) is 5.12. The van der Waals surface area contributed by atoms with Gasteiger partial charge >= 0.3 is 10.2 Å². The van der Waals surface area contributed by atoms with Crippen LogP contribution < -0.4 is 25.4 Å². The van der Waals surface area contributed by atoms with Crippen molar-refractivity contribution in [2.45, 2.75) is 19.4 Å². The first-order valence-electron chi connectivity index (χ1n) is 10.4. The second-order valence-corrected chi connectivity index (χ2v) is 9.70. The highest BCUT2D eigenvalue weighted by molar-refractivity contribution is 7.91. The summed E-state index contributed by atoms with van der Waals surface area (Å²) in [5.74, 6) is 0.670. The Morgan fingerprint density at radius 1 is 1.30 bits per heavy atom. The van der Waals surface area contributed by atoms with E-state index in [0.29, 0.717) is 30.1 Å². The molecule has 0 unspecified atom stereocenters. The van der Waals surface area contributed by atoms with Gasteiger partial charge in [-0.3, -0.25) is 9.52 Å². The Labute approximate surface area is 192 Å². The number of pyridine rings is 1. The van der Waals surface area contributed by atoms with Crippen LogP contribution in [0.5, 0.6) is 5.75 Å². The van der Waals surface area contributed by atoms with Crippen LogP contribution in [0.3, 0.4) is 0 Å². The summed E-state index contributed by atoms with van der Waals surface area (Å²) in [5, 5.41) is 2.97. The lowest BCUT2D eigenvalue weighted by molar-refractivity contribution is 0.0880. The Hall–Kier alpha value is -3.38. The van der Waals surface area contributed by atoms with E-state index in [1.165, 1.54) is 0 Å². The van der Waals surface area contributed by atoms with Crippen molar-refractivity contribution < 1.29 is 22.7 Å². The highest BCUT2D eigenvalue weighted by atomic mass is 32.2. The Kier molecular flexibility index (Phi) is 6.13. The Morgan fingerprint density at radius 2 is 2.06 bits per heavy atom. The van der Waals surface area contributed by atoms with Crippen molar-refractivity contribution in [3.8, 4) is 5.75 Å². The topological polar surface area (TPSA) is 148 Å². The predicted molar refractivity (Wildman–Crippen MR) is 124 cm³/mol. The Bertz CT molecular complexity index is 1190. The van der Waals surface area contributed by atoms with E-state index in [4.69, 9.17) is 15.2 Å². The van der Waals surface area contributed by atoms with Crippen molar-refractivity contribution in [1.82, 2.24) is 10.3 Å². The number of amides is 1. The summed E-state index contributed by atoms with van der Waals surface area (Å²) in [6.07, 6.45) is 1.61. The number of hydrogen-bond donors (Lipinski definition) is 3. The average Bonchev–Trinajstić information content (AvgIpc) is 2.77. The lowest BCUT2D eigenvalue weighted by atomic mass is 10.1. The van der Waals surface area contributed by atoms with Crippen LogP contribution in [0.2, 0.25) is 0 Å². The molecule has 11 nitrogen and oxygen atoms in total. The highest BCUT2D eigenvalue weighted by Crippen LogP contribution is 2.31. The Balaban J connectivity index is 1.44. The van der Waals surface area contributed by atoms with Crippen molar-refractivity contribution in [1.29, 1.82) is 0 Å². The van der Waals surface area contributed by atoms with Crippen molar-refractivity contribution in [2.75, 3.05) is 42.5 Å². The molecule has 1 aromatic heterocycles. The van der Waals surface area contributed by atoms with Gasteiger partial charge in [0.05, 0.1) is 30.0 Å². The number of nitrogens with two attached hydrogens (primary N) is 1. The zero-order valence-corrected chi connectivity index (χ0v) is 19.2. The highest BCUT2D eigenvalue weighted by Gasteiger charge is 2.27. The maximum absolute atomic E-state index is 12.9. The molecule has 33 heavy (non-hydrogen) atoms. The van der Waals surface area contributed by atoms with Crippen LogP contribution in [0, 0.1) is 0 Å². The normalized spacial score (nSPS) is 17.4. The molecule has 0 radical (unpaired) electrons. The minimum atomic E-state index is -3.88. The van der Waals surface area contributed by atoms with E-state index >= 15 is 0 Å². The lowest BCUT2D eigenvalue weighted by Gasteiger charge is -2.29. The number of nitrogens with one attached hydrogen (secondary N) is 2. The van der Waals surface area contributed by atoms with Crippen LogP contribution in [-0.2, 0) is 14.9 Å². The third kappa shape index (κ3) is 5.34. The number of hydrogen-bond acceptors (Lipinski definition) is 8. The minimum Gasteiger partial charge on any atom is -0.490 e. The third-order valence-corrected chi connectivity index (χ3v) is 6.04. The second-order valence-electron chi connectivity index (χ2n) is 8.36. The average molecular weight is 475 g/mol. The van der Waals surface area contributed by atoms with Gasteiger partial charge in [0.25, 0.3) is 5.91 Å². The van der Waals surface area contributed by atoms with Crippen LogP contribution in [0.4, 0.5) is 11.5 Å². The van der Waals surface area contributed by atoms with E-state index in [1.54, 1.807) is 36.5 Å². The monoisotopic (exact) mass is 474 g/mol. The minimum absolute atomic E-state index is 0.108. The van der Waals surface area contributed by atoms with Gasteiger partial charge in [-0.25, -0.2) is 4.98 Å². The van der Waals surface area contributed by atoms with Gasteiger partial charge in [0.1, 0.15) is 18.2 Å². The van der Waals surface area contributed by atoms with E-state index in [1.807, 2.05) is 13.8 Å². The molecule has 0 spiro atoms. The van der Waals surface area contributed by atoms with Gasteiger partial charge in [-0.1, -0.05) is 6.07 Å². The number of rotatable bonds is 6. The number of aromatic nitrogens is 1. The van der Waals surface area contributed by atoms with Gasteiger partial charge < -0.3 is 25.4 Å². The second kappa shape index (κ2) is 8.87. The van der Waals surface area contributed by atoms with E-state index in [-0.39, 0.29) is 24.0 Å². The van der Waals surface area contributed by atoms with Crippen LogP contribution in [-0.4, -0.2) is 63.6 Å². The van der Waals surface area contributed by atoms with Crippen molar-refractivity contribution in [2.24, 2.45) is 10.1 Å². The molecule has 2 aliphatic heterocycles. The molecule has 0 saturated carbocycles. The van der Waals surface area contributed by atoms with E-state index in [9.17, 15) is 13.2 Å². The zero-order valence-electron chi connectivity index (χ0n) is 18.4. The quantitative estimate of drug-likeness (QED) is 0.559. The fourth-order valence-corrected chi connectivity index (χ4v) is 4.38. The summed E-state index contributed by atoms with van der Waals surface area (Å²) in [6.45, 7) is 6.46. The molecule has 0 atom stereocenters. The molecule has 2 aliphatic rings. The number of nitrogens with zero attached hydrogens (tertiary/aromatic N) is 3. The Morgan fingerprint density at radius 3 is 2.82 bits per heavy atom. The number of carbonyl (C=O) groups excluding carboxylic acids is 1. The molecule has 0 aliphatic carbocycles. The summed E-state index contributed by atoms with van der Waals surface area (Å²) >= 11 is 0. The molecular formula is C21H26N6O5S. The molecule has 3 heterocycles. The van der Waals surface area contributed by atoms with Crippen molar-refractivity contribution in [3.63, 3.8) is 0 Å². The van der Waals surface area contributed by atoms with Gasteiger partial charge in [0.15, 0.2) is 5.84 Å². The first-order chi connectivity index (χ1) is 15.6. The van der Waals surface area contributed by atoms with Crippen LogP contribution in [0.25, 0.3) is 0 Å². The van der Waals surface area contributed by atoms with Gasteiger partial charge in [0, 0.05) is 24.8 Å². The first kappa shape index (κ1) is 22.8. The standard InChI is InChI=1S/C21H26N6O5S/c1-21(2,13-32-16-5-3-4-15-18(16)19(22)26-33(29,30)25-15)24-20(28)14-6-7-23-17(12-14)27-8-10-31-11-9-27/h3-7,12,25H,8-11,13H2,1-2H3,(H2,22,26)(H,24,28). The molecule has 1 amide bonds. The summed E-state index contributed by atoms with van der Waals surface area (Å²) in [4.78, 5) is 19.4. The van der Waals surface area contributed by atoms with Crippen molar-refractivity contribution in [3.05, 3.63) is 47.7 Å². The van der Waals surface area contributed by atoms with Crippen LogP contribution in [0.1, 0.15) is 29.8 Å². The zero-order chi connectivity index (χ0) is 23.6. The van der Waals surface area contributed by atoms with E-state index < -0.39 is 15.7 Å². The fraction of sp³-hybridized carbons (Fsp3) is 0.381. The number of anilines is 2. The maximum Gasteiger partial charge on any atom is 0.344 e. The first-order valence-corrected chi connectivity index (χ1v) is 11.8. The molecule has 1 fully saturated rings. The number of morpholine rings is 1. The molecule has 4 N–H and O–H groups in total. The number of amidine groups is 1. The fourth-order valence-electron chi connectivity index (χ4n) is 3.54. The summed E-state index contributed by atoms with van der Waals surface area (Å²) < 4.78 is 40.6. The number of benzene rings is 1. The van der Waals surface area contributed by atoms with Crippen LogP contribution >= 0.6 is 0 Å². The summed E-state index contributed by atoms with van der Waals surface area (Å²) in [7, 11) is -3.88. The molecule has 2 aromatic rings. The molecular weight excluding hydrogens is 448 g/mol. The van der Waals surface area contributed by atoms with Gasteiger partial charge in [-0.15, -0.1) is 4.40 Å².